The van der Waals surface area contributed by atoms with Crippen LogP contribution in [0.4, 0.5) is 10.1 Å². The van der Waals surface area contributed by atoms with Crippen LogP contribution in [-0.2, 0) is 9.59 Å². The first-order chi connectivity index (χ1) is 11.6. The monoisotopic (exact) mass is 331 g/mol. The van der Waals surface area contributed by atoms with Gasteiger partial charge in [0.25, 0.3) is 0 Å². The van der Waals surface area contributed by atoms with Gasteiger partial charge < -0.3 is 10.2 Å². The molecule has 8 heteroatoms. The molecule has 2 atom stereocenters. The molecule has 7 nitrogen and oxygen atoms in total. The Labute approximate surface area is 138 Å². The maximum atomic E-state index is 14.0. The number of benzene rings is 1. The topological polar surface area (TPSA) is 80.1 Å². The Hall–Kier alpha value is -2.77. The zero-order valence-corrected chi connectivity index (χ0v) is 13.2. The number of rotatable bonds is 4. The molecule has 1 aliphatic rings. The largest absolute Gasteiger partial charge is 0.342 e. The van der Waals surface area contributed by atoms with Crippen LogP contribution in [0.5, 0.6) is 0 Å². The Bertz CT molecular complexity index is 734. The molecule has 1 aromatic heterocycles. The zero-order valence-electron chi connectivity index (χ0n) is 13.2. The highest BCUT2D eigenvalue weighted by atomic mass is 19.1. The minimum absolute atomic E-state index is 0.241. The number of para-hydroxylation sites is 1. The minimum Gasteiger partial charge on any atom is -0.342 e. The van der Waals surface area contributed by atoms with Gasteiger partial charge in [-0.25, -0.2) is 14.1 Å². The SMILES string of the molecule is C[C@H](C(=O)N[C@@H]1CCCN(c2ccccc2F)C1=O)n1cncn1. The first kappa shape index (κ1) is 16.1. The van der Waals surface area contributed by atoms with Crippen LogP contribution in [-0.4, -0.2) is 39.2 Å². The van der Waals surface area contributed by atoms with Crippen molar-refractivity contribution in [1.82, 2.24) is 20.1 Å². The van der Waals surface area contributed by atoms with E-state index < -0.39 is 17.9 Å². The second-order valence-electron chi connectivity index (χ2n) is 5.70. The van der Waals surface area contributed by atoms with Crippen LogP contribution in [0.2, 0.25) is 0 Å². The van der Waals surface area contributed by atoms with Crippen molar-refractivity contribution in [3.05, 3.63) is 42.7 Å². The van der Waals surface area contributed by atoms with Crippen LogP contribution in [0.15, 0.2) is 36.9 Å². The van der Waals surface area contributed by atoms with E-state index in [0.29, 0.717) is 19.4 Å². The smallest absolute Gasteiger partial charge is 0.249 e. The van der Waals surface area contributed by atoms with E-state index in [-0.39, 0.29) is 17.5 Å². The first-order valence-corrected chi connectivity index (χ1v) is 7.78. The molecule has 2 aromatic rings. The number of carbonyl (C=O) groups excluding carboxylic acids is 2. The Morgan fingerprint density at radius 2 is 2.21 bits per heavy atom. The summed E-state index contributed by atoms with van der Waals surface area (Å²) in [6.07, 6.45) is 4.00. The molecular formula is C16H18FN5O2. The second kappa shape index (κ2) is 6.77. The maximum Gasteiger partial charge on any atom is 0.249 e. The summed E-state index contributed by atoms with van der Waals surface area (Å²) in [7, 11) is 0. The lowest BCUT2D eigenvalue weighted by atomic mass is 10.0. The van der Waals surface area contributed by atoms with E-state index in [2.05, 4.69) is 15.4 Å². The van der Waals surface area contributed by atoms with Crippen molar-refractivity contribution >= 4 is 17.5 Å². The maximum absolute atomic E-state index is 14.0. The predicted octanol–water partition coefficient (Wildman–Crippen LogP) is 1.29. The lowest BCUT2D eigenvalue weighted by molar-refractivity contribution is -0.130. The van der Waals surface area contributed by atoms with Crippen molar-refractivity contribution in [2.45, 2.75) is 31.8 Å². The lowest BCUT2D eigenvalue weighted by Crippen LogP contribution is -2.53. The molecule has 3 rings (SSSR count). The van der Waals surface area contributed by atoms with Crippen LogP contribution in [0.1, 0.15) is 25.8 Å². The molecule has 0 bridgehead atoms. The quantitative estimate of drug-likeness (QED) is 0.915. The fourth-order valence-electron chi connectivity index (χ4n) is 2.75. The number of aromatic nitrogens is 3. The van der Waals surface area contributed by atoms with Gasteiger partial charge in [-0.15, -0.1) is 0 Å². The standard InChI is InChI=1S/C16H18FN5O2/c1-11(22-10-18-9-19-22)15(23)20-13-6-4-8-21(16(13)24)14-7-3-2-5-12(14)17/h2-3,5,7,9-11,13H,4,6,8H2,1H3,(H,20,23)/t11-,13-/m1/s1. The fraction of sp³-hybridized carbons (Fsp3) is 0.375. The summed E-state index contributed by atoms with van der Waals surface area (Å²) >= 11 is 0. The number of nitrogens with one attached hydrogen (secondary N) is 1. The molecule has 24 heavy (non-hydrogen) atoms. The fourth-order valence-corrected chi connectivity index (χ4v) is 2.75. The third kappa shape index (κ3) is 3.12. The minimum atomic E-state index is -0.670. The number of nitrogens with zero attached hydrogens (tertiary/aromatic N) is 4. The summed E-state index contributed by atoms with van der Waals surface area (Å²) in [6, 6.07) is 4.89. The normalized spacial score (nSPS) is 19.2. The van der Waals surface area contributed by atoms with Crippen molar-refractivity contribution in [1.29, 1.82) is 0 Å². The van der Waals surface area contributed by atoms with Gasteiger partial charge in [-0.05, 0) is 31.9 Å². The van der Waals surface area contributed by atoms with Crippen LogP contribution < -0.4 is 10.2 Å². The van der Waals surface area contributed by atoms with Gasteiger partial charge in [0, 0.05) is 6.54 Å². The van der Waals surface area contributed by atoms with E-state index in [1.165, 1.54) is 28.3 Å². The van der Waals surface area contributed by atoms with Crippen molar-refractivity contribution in [2.75, 3.05) is 11.4 Å². The van der Waals surface area contributed by atoms with Crippen LogP contribution in [0.3, 0.4) is 0 Å². The first-order valence-electron chi connectivity index (χ1n) is 7.78. The summed E-state index contributed by atoms with van der Waals surface area (Å²) in [6.45, 7) is 2.11. The third-order valence-corrected chi connectivity index (χ3v) is 4.11. The van der Waals surface area contributed by atoms with Crippen LogP contribution >= 0.6 is 0 Å². The molecule has 0 unspecified atom stereocenters. The summed E-state index contributed by atoms with van der Waals surface area (Å²) < 4.78 is 15.4. The average Bonchev–Trinajstić information content (AvgIpc) is 3.11. The van der Waals surface area contributed by atoms with Gasteiger partial charge in [0.05, 0.1) is 5.69 Å². The summed E-state index contributed by atoms with van der Waals surface area (Å²) in [5, 5.41) is 6.66. The highest BCUT2D eigenvalue weighted by Gasteiger charge is 2.33. The highest BCUT2D eigenvalue weighted by Crippen LogP contribution is 2.24. The predicted molar refractivity (Wildman–Crippen MR) is 84.7 cm³/mol. The highest BCUT2D eigenvalue weighted by molar-refractivity contribution is 6.00. The van der Waals surface area contributed by atoms with Crippen molar-refractivity contribution in [3.63, 3.8) is 0 Å². The van der Waals surface area contributed by atoms with Crippen molar-refractivity contribution in [3.8, 4) is 0 Å². The molecule has 0 saturated carbocycles. The van der Waals surface area contributed by atoms with Gasteiger partial charge in [-0.1, -0.05) is 12.1 Å². The number of anilines is 1. The molecule has 1 aromatic carbocycles. The average molecular weight is 331 g/mol. The van der Waals surface area contributed by atoms with E-state index in [0.717, 1.165) is 0 Å². The number of hydrogen-bond acceptors (Lipinski definition) is 4. The Kier molecular flexibility index (Phi) is 4.54. The van der Waals surface area contributed by atoms with E-state index in [1.807, 2.05) is 0 Å². The van der Waals surface area contributed by atoms with Gasteiger partial charge >= 0.3 is 0 Å². The van der Waals surface area contributed by atoms with E-state index >= 15 is 0 Å². The zero-order chi connectivity index (χ0) is 17.1. The molecule has 2 amide bonds. The van der Waals surface area contributed by atoms with E-state index in [9.17, 15) is 14.0 Å². The van der Waals surface area contributed by atoms with Gasteiger partial charge in [0.2, 0.25) is 11.8 Å². The van der Waals surface area contributed by atoms with Gasteiger partial charge in [-0.2, -0.15) is 5.10 Å². The lowest BCUT2D eigenvalue weighted by Gasteiger charge is -2.33. The van der Waals surface area contributed by atoms with Gasteiger partial charge in [-0.3, -0.25) is 9.59 Å². The number of hydrogen-bond donors (Lipinski definition) is 1. The molecule has 0 aliphatic carbocycles. The van der Waals surface area contributed by atoms with E-state index in [1.54, 1.807) is 25.1 Å². The molecule has 0 spiro atoms. The second-order valence-corrected chi connectivity index (χ2v) is 5.70. The number of piperidine rings is 1. The molecule has 0 radical (unpaired) electrons. The molecule has 2 heterocycles. The third-order valence-electron chi connectivity index (χ3n) is 4.11. The Balaban J connectivity index is 1.71. The molecule has 1 fully saturated rings. The molecule has 1 N–H and O–H groups in total. The molecular weight excluding hydrogens is 313 g/mol. The number of amides is 2. The summed E-state index contributed by atoms with van der Waals surface area (Å²) in [4.78, 5) is 30.1. The number of halogens is 1. The molecule has 1 saturated heterocycles. The summed E-state index contributed by atoms with van der Waals surface area (Å²) in [5.41, 5.74) is 0.241. The van der Waals surface area contributed by atoms with Crippen LogP contribution in [0.25, 0.3) is 0 Å². The molecule has 126 valence electrons. The van der Waals surface area contributed by atoms with Crippen molar-refractivity contribution in [2.24, 2.45) is 0 Å². The number of carbonyl (C=O) groups is 2. The Morgan fingerprint density at radius 1 is 1.42 bits per heavy atom. The van der Waals surface area contributed by atoms with E-state index in [4.69, 9.17) is 0 Å². The van der Waals surface area contributed by atoms with Gasteiger partial charge in [0.15, 0.2) is 0 Å². The van der Waals surface area contributed by atoms with Crippen LogP contribution in [0, 0.1) is 5.82 Å². The van der Waals surface area contributed by atoms with Crippen molar-refractivity contribution < 1.29 is 14.0 Å². The van der Waals surface area contributed by atoms with Gasteiger partial charge in [0.1, 0.15) is 30.6 Å². The Morgan fingerprint density at radius 3 is 2.92 bits per heavy atom. The summed E-state index contributed by atoms with van der Waals surface area (Å²) in [5.74, 6) is -1.08. The molecule has 1 aliphatic heterocycles.